The highest BCUT2D eigenvalue weighted by atomic mass is 32.1. The summed E-state index contributed by atoms with van der Waals surface area (Å²) in [5.41, 5.74) is 1.56. The maximum absolute atomic E-state index is 2.26. The minimum atomic E-state index is 0.207. The monoisotopic (exact) mass is 206 g/mol. The van der Waals surface area contributed by atoms with Gasteiger partial charge >= 0.3 is 0 Å². The van der Waals surface area contributed by atoms with Crippen LogP contribution in [0.25, 0.3) is 12.2 Å². The molecule has 1 aromatic heterocycles. The molecule has 1 aliphatic carbocycles. The van der Waals surface area contributed by atoms with Gasteiger partial charge in [0.05, 0.1) is 0 Å². The van der Waals surface area contributed by atoms with Crippen molar-refractivity contribution in [2.45, 2.75) is 27.7 Å². The van der Waals surface area contributed by atoms with E-state index >= 15 is 0 Å². The largest absolute Gasteiger partial charge is 0.144 e. The van der Waals surface area contributed by atoms with Gasteiger partial charge in [-0.15, -0.1) is 11.3 Å². The summed E-state index contributed by atoms with van der Waals surface area (Å²) in [4.78, 5) is 1.37. The Bertz CT molecular complexity index is 309. The van der Waals surface area contributed by atoms with Crippen molar-refractivity contribution in [1.82, 2.24) is 0 Å². The molecule has 0 unspecified atom stereocenters. The van der Waals surface area contributed by atoms with Crippen molar-refractivity contribution in [3.63, 3.8) is 0 Å². The molecular weight excluding hydrogens is 188 g/mol. The lowest BCUT2D eigenvalue weighted by Crippen LogP contribution is -1.99. The topological polar surface area (TPSA) is 0 Å². The zero-order valence-electron chi connectivity index (χ0n) is 9.37. The Hall–Kier alpha value is -0.820. The van der Waals surface area contributed by atoms with Gasteiger partial charge in [-0.3, -0.25) is 0 Å². The van der Waals surface area contributed by atoms with Crippen LogP contribution in [0.5, 0.6) is 0 Å². The molecule has 1 aliphatic rings. The summed E-state index contributed by atoms with van der Waals surface area (Å²) < 4.78 is 0. The molecule has 76 valence electrons. The first-order chi connectivity index (χ1) is 6.67. The second-order valence-corrected chi connectivity index (χ2v) is 4.68. The predicted molar refractivity (Wildman–Crippen MR) is 67.5 cm³/mol. The highest BCUT2D eigenvalue weighted by Gasteiger charge is 2.12. The van der Waals surface area contributed by atoms with E-state index in [4.69, 9.17) is 0 Å². The van der Waals surface area contributed by atoms with E-state index in [9.17, 15) is 0 Å². The molecule has 0 spiro atoms. The SMILES string of the molecule is CC.CC1(C)C=Cc2ccsc2C=C1. The standard InChI is InChI=1S/C11H12S.C2H6/c1-11(2)6-3-9-5-8-12-10(9)4-7-11;1-2/h3-8H,1-2H3;1-2H3. The molecule has 0 aromatic carbocycles. The lowest BCUT2D eigenvalue weighted by Gasteiger charge is -2.12. The molecule has 0 aliphatic heterocycles. The van der Waals surface area contributed by atoms with Crippen LogP contribution in [0.4, 0.5) is 0 Å². The Morgan fingerprint density at radius 1 is 1.07 bits per heavy atom. The van der Waals surface area contributed by atoms with Crippen molar-refractivity contribution in [2.24, 2.45) is 5.41 Å². The van der Waals surface area contributed by atoms with Crippen LogP contribution < -0.4 is 0 Å². The number of fused-ring (bicyclic) bond motifs is 1. The summed E-state index contributed by atoms with van der Waals surface area (Å²) in [5, 5.41) is 2.14. The van der Waals surface area contributed by atoms with E-state index in [-0.39, 0.29) is 5.41 Å². The second-order valence-electron chi connectivity index (χ2n) is 3.73. The van der Waals surface area contributed by atoms with Gasteiger partial charge in [0.25, 0.3) is 0 Å². The quantitative estimate of drug-likeness (QED) is 0.569. The van der Waals surface area contributed by atoms with Crippen molar-refractivity contribution in [2.75, 3.05) is 0 Å². The van der Waals surface area contributed by atoms with Crippen LogP contribution in [-0.2, 0) is 0 Å². The average Bonchev–Trinajstić information content (AvgIpc) is 2.58. The first-order valence-electron chi connectivity index (χ1n) is 5.13. The summed E-state index contributed by atoms with van der Waals surface area (Å²) >= 11 is 1.80. The summed E-state index contributed by atoms with van der Waals surface area (Å²) in [5.74, 6) is 0. The molecule has 0 saturated heterocycles. The number of hydrogen-bond donors (Lipinski definition) is 0. The van der Waals surface area contributed by atoms with Crippen LogP contribution in [0.1, 0.15) is 38.1 Å². The molecule has 0 radical (unpaired) electrons. The summed E-state index contributed by atoms with van der Waals surface area (Å²) in [6.45, 7) is 8.44. The average molecular weight is 206 g/mol. The number of rotatable bonds is 0. The molecule has 0 bridgehead atoms. The first-order valence-corrected chi connectivity index (χ1v) is 6.01. The maximum atomic E-state index is 2.26. The zero-order valence-corrected chi connectivity index (χ0v) is 10.2. The van der Waals surface area contributed by atoms with Gasteiger partial charge in [-0.25, -0.2) is 0 Å². The number of hydrogen-bond acceptors (Lipinski definition) is 1. The lowest BCUT2D eigenvalue weighted by atomic mass is 9.93. The van der Waals surface area contributed by atoms with Gasteiger partial charge in [-0.1, -0.05) is 45.9 Å². The predicted octanol–water partition coefficient (Wildman–Crippen LogP) is 4.84. The molecular formula is C13H18S. The van der Waals surface area contributed by atoms with Crippen LogP contribution in [0.2, 0.25) is 0 Å². The maximum Gasteiger partial charge on any atom is 0.0339 e. The highest BCUT2D eigenvalue weighted by Crippen LogP contribution is 2.29. The van der Waals surface area contributed by atoms with E-state index in [2.05, 4.69) is 49.6 Å². The van der Waals surface area contributed by atoms with E-state index in [1.165, 1.54) is 10.4 Å². The smallest absolute Gasteiger partial charge is 0.0339 e. The Morgan fingerprint density at radius 2 is 1.71 bits per heavy atom. The third kappa shape index (κ3) is 2.58. The van der Waals surface area contributed by atoms with Crippen LogP contribution >= 0.6 is 11.3 Å². The van der Waals surface area contributed by atoms with Gasteiger partial charge in [-0.05, 0) is 23.1 Å². The van der Waals surface area contributed by atoms with Crippen LogP contribution in [0.3, 0.4) is 0 Å². The molecule has 2 rings (SSSR count). The summed E-state index contributed by atoms with van der Waals surface area (Å²) in [6.07, 6.45) is 8.94. The van der Waals surface area contributed by atoms with Gasteiger partial charge in [0, 0.05) is 10.3 Å². The van der Waals surface area contributed by atoms with Crippen molar-refractivity contribution in [3.05, 3.63) is 34.0 Å². The van der Waals surface area contributed by atoms with Crippen molar-refractivity contribution >= 4 is 23.5 Å². The molecule has 0 N–H and O–H groups in total. The Kier molecular flexibility index (Phi) is 3.70. The van der Waals surface area contributed by atoms with Crippen LogP contribution in [0.15, 0.2) is 23.6 Å². The van der Waals surface area contributed by atoms with Gasteiger partial charge in [-0.2, -0.15) is 0 Å². The molecule has 14 heavy (non-hydrogen) atoms. The lowest BCUT2D eigenvalue weighted by molar-refractivity contribution is 0.633. The molecule has 0 nitrogen and oxygen atoms in total. The minimum Gasteiger partial charge on any atom is -0.144 e. The first kappa shape index (κ1) is 11.3. The Labute approximate surface area is 91.0 Å². The molecule has 1 aromatic rings. The third-order valence-electron chi connectivity index (χ3n) is 2.08. The molecule has 0 amide bonds. The van der Waals surface area contributed by atoms with Gasteiger partial charge < -0.3 is 0 Å². The van der Waals surface area contributed by atoms with Gasteiger partial charge in [0.2, 0.25) is 0 Å². The molecule has 1 heteroatoms. The Morgan fingerprint density at radius 3 is 2.43 bits per heavy atom. The third-order valence-corrected chi connectivity index (χ3v) is 2.98. The van der Waals surface area contributed by atoms with Crippen molar-refractivity contribution in [1.29, 1.82) is 0 Å². The van der Waals surface area contributed by atoms with E-state index in [1.807, 2.05) is 13.8 Å². The number of thiophene rings is 1. The highest BCUT2D eigenvalue weighted by molar-refractivity contribution is 7.11. The van der Waals surface area contributed by atoms with E-state index in [0.29, 0.717) is 0 Å². The zero-order chi connectivity index (χ0) is 10.6. The molecule has 0 fully saturated rings. The van der Waals surface area contributed by atoms with Gasteiger partial charge in [0.1, 0.15) is 0 Å². The fraction of sp³-hybridized carbons (Fsp3) is 0.385. The molecule has 0 saturated carbocycles. The minimum absolute atomic E-state index is 0.207. The van der Waals surface area contributed by atoms with Crippen molar-refractivity contribution in [3.8, 4) is 0 Å². The van der Waals surface area contributed by atoms with Crippen molar-refractivity contribution < 1.29 is 0 Å². The van der Waals surface area contributed by atoms with E-state index < -0.39 is 0 Å². The Balaban J connectivity index is 0.000000461. The normalized spacial score (nSPS) is 16.6. The summed E-state index contributed by atoms with van der Waals surface area (Å²) in [6, 6.07) is 2.17. The van der Waals surface area contributed by atoms with Crippen LogP contribution in [-0.4, -0.2) is 0 Å². The van der Waals surface area contributed by atoms with E-state index in [0.717, 1.165) is 0 Å². The fourth-order valence-electron chi connectivity index (χ4n) is 1.25. The second kappa shape index (κ2) is 4.61. The summed E-state index contributed by atoms with van der Waals surface area (Å²) in [7, 11) is 0. The molecule has 0 atom stereocenters. The van der Waals surface area contributed by atoms with Crippen LogP contribution in [0, 0.1) is 5.41 Å². The van der Waals surface area contributed by atoms with Gasteiger partial charge in [0.15, 0.2) is 0 Å². The fourth-order valence-corrected chi connectivity index (χ4v) is 2.03. The van der Waals surface area contributed by atoms with E-state index in [1.54, 1.807) is 11.3 Å². The molecule has 1 heterocycles. The number of allylic oxidation sites excluding steroid dienone is 2.